The number of rotatable bonds is 2. The fraction of sp³-hybridized carbons (Fsp3) is 0.571. The Balaban J connectivity index is 2.25. The van der Waals surface area contributed by atoms with Crippen molar-refractivity contribution in [3.05, 3.63) is 12.2 Å². The number of carbonyl (C=O) groups excluding carboxylic acids is 1. The molecule has 1 aliphatic carbocycles. The molecule has 0 heterocycles. The van der Waals surface area contributed by atoms with E-state index in [2.05, 4.69) is 6.58 Å². The second-order valence-electron chi connectivity index (χ2n) is 2.38. The van der Waals surface area contributed by atoms with Gasteiger partial charge in [0.15, 0.2) is 0 Å². The molecule has 1 fully saturated rings. The second kappa shape index (κ2) is 2.21. The van der Waals surface area contributed by atoms with Crippen LogP contribution >= 0.6 is 0 Å². The van der Waals surface area contributed by atoms with Crippen LogP contribution in [0, 0.1) is 0 Å². The molecule has 0 aliphatic heterocycles. The fourth-order valence-electron chi connectivity index (χ4n) is 0.438. The molecule has 1 aliphatic rings. The smallest absolute Gasteiger partial charge is 0.333 e. The Morgan fingerprint density at radius 1 is 1.67 bits per heavy atom. The van der Waals surface area contributed by atoms with Crippen LogP contribution < -0.4 is 0 Å². The van der Waals surface area contributed by atoms with Crippen molar-refractivity contribution in [2.75, 3.05) is 0 Å². The van der Waals surface area contributed by atoms with E-state index in [1.807, 2.05) is 0 Å². The Kier molecular flexibility index (Phi) is 1.56. The Morgan fingerprint density at radius 3 is 2.56 bits per heavy atom. The minimum atomic E-state index is -0.252. The highest BCUT2D eigenvalue weighted by Crippen LogP contribution is 2.24. The van der Waals surface area contributed by atoms with E-state index in [1.165, 1.54) is 0 Å². The van der Waals surface area contributed by atoms with E-state index in [0.717, 1.165) is 12.8 Å². The summed E-state index contributed by atoms with van der Waals surface area (Å²) in [5, 5.41) is 0. The van der Waals surface area contributed by atoms with Gasteiger partial charge in [0.25, 0.3) is 0 Å². The molecular formula is C7H10O2. The first-order valence-corrected chi connectivity index (χ1v) is 3.06. The van der Waals surface area contributed by atoms with Crippen LogP contribution in [0.1, 0.15) is 19.8 Å². The van der Waals surface area contributed by atoms with Gasteiger partial charge in [0.2, 0.25) is 0 Å². The highest BCUT2D eigenvalue weighted by atomic mass is 16.5. The maximum Gasteiger partial charge on any atom is 0.333 e. The van der Waals surface area contributed by atoms with E-state index < -0.39 is 0 Å². The van der Waals surface area contributed by atoms with Crippen LogP contribution in [0.15, 0.2) is 12.2 Å². The summed E-state index contributed by atoms with van der Waals surface area (Å²) in [6.07, 6.45) is 2.26. The normalized spacial score (nSPS) is 17.0. The van der Waals surface area contributed by atoms with Crippen LogP contribution in [0.4, 0.5) is 0 Å². The fourth-order valence-corrected chi connectivity index (χ4v) is 0.438. The molecule has 0 N–H and O–H groups in total. The van der Waals surface area contributed by atoms with Gasteiger partial charge in [0.05, 0.1) is 0 Å². The third-order valence-corrected chi connectivity index (χ3v) is 1.15. The number of hydrogen-bond donors (Lipinski definition) is 0. The molecule has 0 bridgehead atoms. The second-order valence-corrected chi connectivity index (χ2v) is 2.38. The molecule has 0 spiro atoms. The van der Waals surface area contributed by atoms with Crippen molar-refractivity contribution < 1.29 is 9.53 Å². The van der Waals surface area contributed by atoms with Crippen molar-refractivity contribution in [3.8, 4) is 0 Å². The monoisotopic (exact) mass is 126 g/mol. The summed E-state index contributed by atoms with van der Waals surface area (Å²) in [6.45, 7) is 5.12. The summed E-state index contributed by atoms with van der Waals surface area (Å²) >= 11 is 0. The van der Waals surface area contributed by atoms with E-state index in [4.69, 9.17) is 4.74 Å². The maximum atomic E-state index is 10.7. The largest absolute Gasteiger partial charge is 0.459 e. The van der Waals surface area contributed by atoms with Crippen LogP contribution in [-0.4, -0.2) is 12.1 Å². The van der Waals surface area contributed by atoms with Crippen molar-refractivity contribution in [2.24, 2.45) is 0 Å². The van der Waals surface area contributed by atoms with E-state index in [9.17, 15) is 4.79 Å². The van der Waals surface area contributed by atoms with Crippen molar-refractivity contribution >= 4 is 5.97 Å². The molecule has 0 radical (unpaired) electrons. The van der Waals surface area contributed by atoms with Crippen LogP contribution in [-0.2, 0) is 9.53 Å². The summed E-state index contributed by atoms with van der Waals surface area (Å²) in [5.74, 6) is -0.252. The molecule has 1 saturated carbocycles. The van der Waals surface area contributed by atoms with Gasteiger partial charge in [-0.2, -0.15) is 0 Å². The molecule has 1 rings (SSSR count). The van der Waals surface area contributed by atoms with Crippen LogP contribution in [0.25, 0.3) is 0 Å². The van der Waals surface area contributed by atoms with Gasteiger partial charge in [-0.05, 0) is 19.8 Å². The number of carbonyl (C=O) groups is 1. The van der Waals surface area contributed by atoms with Crippen LogP contribution in [0.3, 0.4) is 0 Å². The lowest BCUT2D eigenvalue weighted by Crippen LogP contribution is -2.05. The molecular weight excluding hydrogens is 116 g/mol. The minimum absolute atomic E-state index is 0.203. The third kappa shape index (κ3) is 1.88. The zero-order valence-corrected chi connectivity index (χ0v) is 5.52. The SMILES string of the molecule is C=C(C)C(=O)OC1CC1. The van der Waals surface area contributed by atoms with Gasteiger partial charge in [-0.1, -0.05) is 6.58 Å². The highest BCUT2D eigenvalue weighted by Gasteiger charge is 2.25. The Hall–Kier alpha value is -0.790. The van der Waals surface area contributed by atoms with Gasteiger partial charge in [0.1, 0.15) is 6.10 Å². The van der Waals surface area contributed by atoms with Gasteiger partial charge in [-0.15, -0.1) is 0 Å². The average Bonchev–Trinajstić information content (AvgIpc) is 2.50. The van der Waals surface area contributed by atoms with E-state index in [1.54, 1.807) is 6.92 Å². The summed E-state index contributed by atoms with van der Waals surface area (Å²) in [4.78, 5) is 10.7. The zero-order valence-electron chi connectivity index (χ0n) is 5.52. The molecule has 0 aromatic carbocycles. The third-order valence-electron chi connectivity index (χ3n) is 1.15. The Morgan fingerprint density at radius 2 is 2.22 bits per heavy atom. The zero-order chi connectivity index (χ0) is 6.85. The summed E-state index contributed by atoms with van der Waals surface area (Å²) in [6, 6.07) is 0. The predicted octanol–water partition coefficient (Wildman–Crippen LogP) is 1.27. The van der Waals surface area contributed by atoms with Gasteiger partial charge in [-0.3, -0.25) is 0 Å². The summed E-state index contributed by atoms with van der Waals surface area (Å²) < 4.78 is 4.88. The van der Waals surface area contributed by atoms with Gasteiger partial charge >= 0.3 is 5.97 Å². The topological polar surface area (TPSA) is 26.3 Å². The average molecular weight is 126 g/mol. The number of ether oxygens (including phenoxy) is 1. The first kappa shape index (κ1) is 6.33. The van der Waals surface area contributed by atoms with E-state index >= 15 is 0 Å². The quantitative estimate of drug-likeness (QED) is 0.411. The molecule has 2 heteroatoms. The first-order chi connectivity index (χ1) is 4.20. The summed E-state index contributed by atoms with van der Waals surface area (Å²) in [5.41, 5.74) is 0.488. The van der Waals surface area contributed by atoms with E-state index in [0.29, 0.717) is 5.57 Å². The van der Waals surface area contributed by atoms with Crippen molar-refractivity contribution in [3.63, 3.8) is 0 Å². The Labute approximate surface area is 54.5 Å². The predicted molar refractivity (Wildman–Crippen MR) is 33.9 cm³/mol. The molecule has 0 aromatic rings. The van der Waals surface area contributed by atoms with Gasteiger partial charge in [0, 0.05) is 5.57 Å². The summed E-state index contributed by atoms with van der Waals surface area (Å²) in [7, 11) is 0. The molecule has 0 atom stereocenters. The maximum absolute atomic E-state index is 10.7. The Bertz CT molecular complexity index is 145. The molecule has 9 heavy (non-hydrogen) atoms. The van der Waals surface area contributed by atoms with E-state index in [-0.39, 0.29) is 12.1 Å². The van der Waals surface area contributed by atoms with Crippen molar-refractivity contribution in [1.82, 2.24) is 0 Å². The van der Waals surface area contributed by atoms with Crippen molar-refractivity contribution in [2.45, 2.75) is 25.9 Å². The van der Waals surface area contributed by atoms with Gasteiger partial charge in [-0.25, -0.2) is 4.79 Å². The molecule has 0 saturated heterocycles. The first-order valence-electron chi connectivity index (χ1n) is 3.06. The van der Waals surface area contributed by atoms with Crippen LogP contribution in [0.5, 0.6) is 0 Å². The molecule has 0 unspecified atom stereocenters. The molecule has 0 amide bonds. The lowest BCUT2D eigenvalue weighted by atomic mass is 10.4. The van der Waals surface area contributed by atoms with Gasteiger partial charge < -0.3 is 4.74 Å². The lowest BCUT2D eigenvalue weighted by Gasteiger charge is -1.98. The van der Waals surface area contributed by atoms with Crippen molar-refractivity contribution in [1.29, 1.82) is 0 Å². The number of esters is 1. The standard InChI is InChI=1S/C7H10O2/c1-5(2)7(8)9-6-3-4-6/h6H,1,3-4H2,2H3. The molecule has 2 nitrogen and oxygen atoms in total. The molecule has 50 valence electrons. The van der Waals surface area contributed by atoms with Crippen LogP contribution in [0.2, 0.25) is 0 Å². The highest BCUT2D eigenvalue weighted by molar-refractivity contribution is 5.87. The molecule has 0 aromatic heterocycles. The number of hydrogen-bond acceptors (Lipinski definition) is 2. The minimum Gasteiger partial charge on any atom is -0.459 e. The lowest BCUT2D eigenvalue weighted by molar-refractivity contribution is -0.140.